The SMILES string of the molecule is CCCCC(CNC(=O)OC(C)(C)C)NC1CCN(C2CC2)C1. The van der Waals surface area contributed by atoms with E-state index in [1.165, 1.54) is 45.2 Å². The lowest BCUT2D eigenvalue weighted by atomic mass is 10.1. The molecule has 2 unspecified atom stereocenters. The summed E-state index contributed by atoms with van der Waals surface area (Å²) in [5, 5.41) is 6.70. The van der Waals surface area contributed by atoms with Gasteiger partial charge in [-0.1, -0.05) is 19.8 Å². The molecular formula is C18H35N3O2. The van der Waals surface area contributed by atoms with Crippen molar-refractivity contribution in [3.63, 3.8) is 0 Å². The Kier molecular flexibility index (Phi) is 6.72. The van der Waals surface area contributed by atoms with Gasteiger partial charge < -0.3 is 15.4 Å². The average Bonchev–Trinajstić information content (AvgIpc) is 3.20. The maximum absolute atomic E-state index is 11.9. The van der Waals surface area contributed by atoms with Crippen LogP contribution in [0.3, 0.4) is 0 Å². The molecule has 0 bridgehead atoms. The highest BCUT2D eigenvalue weighted by Gasteiger charge is 2.34. The molecule has 0 spiro atoms. The van der Waals surface area contributed by atoms with E-state index in [1.54, 1.807) is 0 Å². The van der Waals surface area contributed by atoms with E-state index in [0.717, 1.165) is 12.5 Å². The van der Waals surface area contributed by atoms with Crippen LogP contribution in [0, 0.1) is 0 Å². The van der Waals surface area contributed by atoms with Crippen molar-refractivity contribution < 1.29 is 9.53 Å². The molecule has 2 N–H and O–H groups in total. The summed E-state index contributed by atoms with van der Waals surface area (Å²) in [7, 11) is 0. The molecule has 23 heavy (non-hydrogen) atoms. The normalized spacial score (nSPS) is 23.7. The van der Waals surface area contributed by atoms with E-state index < -0.39 is 5.60 Å². The van der Waals surface area contributed by atoms with Crippen molar-refractivity contribution in [2.75, 3.05) is 19.6 Å². The van der Waals surface area contributed by atoms with Crippen molar-refractivity contribution >= 4 is 6.09 Å². The van der Waals surface area contributed by atoms with Gasteiger partial charge in [-0.15, -0.1) is 0 Å². The van der Waals surface area contributed by atoms with Crippen LogP contribution in [-0.2, 0) is 4.74 Å². The fourth-order valence-electron chi connectivity index (χ4n) is 3.24. The molecule has 5 heteroatoms. The van der Waals surface area contributed by atoms with Crippen LogP contribution in [0.1, 0.15) is 66.2 Å². The van der Waals surface area contributed by atoms with E-state index in [0.29, 0.717) is 18.6 Å². The molecule has 1 saturated carbocycles. The van der Waals surface area contributed by atoms with E-state index in [9.17, 15) is 4.79 Å². The maximum Gasteiger partial charge on any atom is 0.407 e. The fourth-order valence-corrected chi connectivity index (χ4v) is 3.24. The first-order valence-corrected chi connectivity index (χ1v) is 9.34. The summed E-state index contributed by atoms with van der Waals surface area (Å²) in [6.07, 6.45) is 7.15. The van der Waals surface area contributed by atoms with Crippen LogP contribution < -0.4 is 10.6 Å². The molecule has 5 nitrogen and oxygen atoms in total. The van der Waals surface area contributed by atoms with Gasteiger partial charge >= 0.3 is 6.09 Å². The molecule has 2 atom stereocenters. The van der Waals surface area contributed by atoms with Crippen molar-refractivity contribution in [3.05, 3.63) is 0 Å². The second-order valence-electron chi connectivity index (χ2n) is 8.10. The molecule has 134 valence electrons. The quantitative estimate of drug-likeness (QED) is 0.720. The van der Waals surface area contributed by atoms with Gasteiger partial charge in [0.1, 0.15) is 5.60 Å². The zero-order chi connectivity index (χ0) is 16.9. The summed E-state index contributed by atoms with van der Waals surface area (Å²) < 4.78 is 5.33. The van der Waals surface area contributed by atoms with Crippen LogP contribution in [0.5, 0.6) is 0 Å². The minimum absolute atomic E-state index is 0.313. The number of carbonyl (C=O) groups is 1. The van der Waals surface area contributed by atoms with Crippen molar-refractivity contribution in [3.8, 4) is 0 Å². The van der Waals surface area contributed by atoms with Gasteiger partial charge in [0.15, 0.2) is 0 Å². The molecule has 0 aromatic heterocycles. The van der Waals surface area contributed by atoms with Crippen LogP contribution in [0.15, 0.2) is 0 Å². The third kappa shape index (κ3) is 7.08. The standard InChI is InChI=1S/C18H35N3O2/c1-5-6-7-14(12-19-17(22)23-18(2,3)4)20-15-10-11-21(13-15)16-8-9-16/h14-16,20H,5-13H2,1-4H3,(H,19,22). The zero-order valence-electron chi connectivity index (χ0n) is 15.4. The number of ether oxygens (including phenoxy) is 1. The Bertz CT molecular complexity index is 377. The number of alkyl carbamates (subject to hydrolysis) is 1. The summed E-state index contributed by atoms with van der Waals surface area (Å²) in [6.45, 7) is 10.9. The molecule has 1 amide bonds. The molecule has 1 heterocycles. The number of hydrogen-bond acceptors (Lipinski definition) is 4. The van der Waals surface area contributed by atoms with Gasteiger partial charge in [0.25, 0.3) is 0 Å². The first-order chi connectivity index (χ1) is 10.9. The molecule has 0 aromatic carbocycles. The highest BCUT2D eigenvalue weighted by molar-refractivity contribution is 5.67. The van der Waals surface area contributed by atoms with E-state index in [1.807, 2.05) is 20.8 Å². The number of carbonyl (C=O) groups excluding carboxylic acids is 1. The highest BCUT2D eigenvalue weighted by atomic mass is 16.6. The lowest BCUT2D eigenvalue weighted by Crippen LogP contribution is -2.47. The molecule has 0 aromatic rings. The Morgan fingerprint density at radius 2 is 2.04 bits per heavy atom. The van der Waals surface area contributed by atoms with Crippen LogP contribution in [0.25, 0.3) is 0 Å². The predicted molar refractivity (Wildman–Crippen MR) is 93.7 cm³/mol. The van der Waals surface area contributed by atoms with Gasteiger partial charge in [0.05, 0.1) is 0 Å². The monoisotopic (exact) mass is 325 g/mol. The summed E-state index contributed by atoms with van der Waals surface area (Å²) in [6, 6.07) is 1.76. The molecule has 2 rings (SSSR count). The summed E-state index contributed by atoms with van der Waals surface area (Å²) in [4.78, 5) is 14.5. The van der Waals surface area contributed by atoms with Crippen LogP contribution >= 0.6 is 0 Å². The molecule has 2 aliphatic rings. The lowest BCUT2D eigenvalue weighted by molar-refractivity contribution is 0.0521. The van der Waals surface area contributed by atoms with Crippen molar-refractivity contribution in [2.24, 2.45) is 0 Å². The Labute approximate surface area is 141 Å². The molecule has 2 fully saturated rings. The van der Waals surface area contributed by atoms with Crippen LogP contribution in [-0.4, -0.2) is 54.4 Å². The van der Waals surface area contributed by atoms with Gasteiger partial charge in [0, 0.05) is 37.8 Å². The van der Waals surface area contributed by atoms with Crippen molar-refractivity contribution in [1.29, 1.82) is 0 Å². The van der Waals surface area contributed by atoms with E-state index >= 15 is 0 Å². The van der Waals surface area contributed by atoms with E-state index in [-0.39, 0.29) is 6.09 Å². The Hall–Kier alpha value is -0.810. The van der Waals surface area contributed by atoms with Gasteiger partial charge in [0.2, 0.25) is 0 Å². The molecular weight excluding hydrogens is 290 g/mol. The second-order valence-corrected chi connectivity index (χ2v) is 8.10. The second kappa shape index (κ2) is 8.34. The van der Waals surface area contributed by atoms with Crippen molar-refractivity contribution in [1.82, 2.24) is 15.5 Å². The minimum Gasteiger partial charge on any atom is -0.444 e. The Morgan fingerprint density at radius 3 is 2.65 bits per heavy atom. The minimum atomic E-state index is -0.438. The van der Waals surface area contributed by atoms with Crippen LogP contribution in [0.4, 0.5) is 4.79 Å². The molecule has 1 aliphatic heterocycles. The van der Waals surface area contributed by atoms with Gasteiger partial charge in [-0.2, -0.15) is 0 Å². The first kappa shape index (κ1) is 18.5. The molecule has 1 aliphatic carbocycles. The molecule has 1 saturated heterocycles. The first-order valence-electron chi connectivity index (χ1n) is 9.34. The number of unbranched alkanes of at least 4 members (excludes halogenated alkanes) is 1. The van der Waals surface area contributed by atoms with Crippen LogP contribution in [0.2, 0.25) is 0 Å². The summed E-state index contributed by atoms with van der Waals surface area (Å²) in [5.41, 5.74) is -0.438. The van der Waals surface area contributed by atoms with Crippen molar-refractivity contribution in [2.45, 2.75) is 89.9 Å². The average molecular weight is 325 g/mol. The van der Waals surface area contributed by atoms with Gasteiger partial charge in [-0.05, 0) is 46.5 Å². The lowest BCUT2D eigenvalue weighted by Gasteiger charge is -2.25. The highest BCUT2D eigenvalue weighted by Crippen LogP contribution is 2.29. The third-order valence-electron chi connectivity index (χ3n) is 4.55. The summed E-state index contributed by atoms with van der Waals surface area (Å²) in [5.74, 6) is 0. The fraction of sp³-hybridized carbons (Fsp3) is 0.944. The number of hydrogen-bond donors (Lipinski definition) is 2. The topological polar surface area (TPSA) is 53.6 Å². The third-order valence-corrected chi connectivity index (χ3v) is 4.55. The number of nitrogens with zero attached hydrogens (tertiary/aromatic N) is 1. The smallest absolute Gasteiger partial charge is 0.407 e. The predicted octanol–water partition coefficient (Wildman–Crippen LogP) is 2.90. The number of nitrogens with one attached hydrogen (secondary N) is 2. The molecule has 0 radical (unpaired) electrons. The maximum atomic E-state index is 11.9. The number of likely N-dealkylation sites (tertiary alicyclic amines) is 1. The Balaban J connectivity index is 1.73. The number of rotatable bonds is 8. The number of amides is 1. The van der Waals surface area contributed by atoms with E-state index in [2.05, 4.69) is 22.5 Å². The Morgan fingerprint density at radius 1 is 1.30 bits per heavy atom. The largest absolute Gasteiger partial charge is 0.444 e. The van der Waals surface area contributed by atoms with Gasteiger partial charge in [-0.25, -0.2) is 4.79 Å². The summed E-state index contributed by atoms with van der Waals surface area (Å²) >= 11 is 0. The zero-order valence-corrected chi connectivity index (χ0v) is 15.4. The van der Waals surface area contributed by atoms with Gasteiger partial charge in [-0.3, -0.25) is 4.90 Å². The van der Waals surface area contributed by atoms with E-state index in [4.69, 9.17) is 4.74 Å².